The Kier molecular flexibility index (Phi) is 5.13. The number of methoxy groups -OCH3 is 1. The lowest BCUT2D eigenvalue weighted by Crippen LogP contribution is -2.48. The van der Waals surface area contributed by atoms with Crippen LogP contribution in [0.15, 0.2) is 24.3 Å². The van der Waals surface area contributed by atoms with Crippen molar-refractivity contribution < 1.29 is 24.5 Å². The number of carboxylic acid groups (broad SMARTS) is 1. The summed E-state index contributed by atoms with van der Waals surface area (Å²) in [4.78, 5) is 23.7. The van der Waals surface area contributed by atoms with Gasteiger partial charge in [0.1, 0.15) is 5.75 Å². The van der Waals surface area contributed by atoms with Crippen molar-refractivity contribution in [2.45, 2.75) is 6.04 Å². The highest BCUT2D eigenvalue weighted by molar-refractivity contribution is 5.94. The van der Waals surface area contributed by atoms with Gasteiger partial charge in [0.05, 0.1) is 13.7 Å². The predicted molar refractivity (Wildman–Crippen MR) is 68.4 cm³/mol. The van der Waals surface area contributed by atoms with Crippen LogP contribution in [0, 0.1) is 0 Å². The van der Waals surface area contributed by atoms with Gasteiger partial charge in [-0.1, -0.05) is 0 Å². The lowest BCUT2D eigenvalue weighted by Gasteiger charge is -2.20. The largest absolute Gasteiger partial charge is 0.497 e. The minimum atomic E-state index is -1.33. The normalized spacial score (nSPS) is 11.5. The molecule has 3 N–H and O–H groups in total. The predicted octanol–water partition coefficient (Wildman–Crippen LogP) is 0.286. The monoisotopic (exact) mass is 268 g/mol. The smallest absolute Gasteiger partial charge is 0.328 e. The van der Waals surface area contributed by atoms with Crippen LogP contribution < -0.4 is 15.0 Å². The highest BCUT2D eigenvalue weighted by atomic mass is 16.5. The van der Waals surface area contributed by atoms with Crippen molar-refractivity contribution in [1.29, 1.82) is 0 Å². The van der Waals surface area contributed by atoms with E-state index in [4.69, 9.17) is 14.9 Å². The van der Waals surface area contributed by atoms with Gasteiger partial charge in [0.15, 0.2) is 6.04 Å². The van der Waals surface area contributed by atoms with E-state index in [1.165, 1.54) is 19.1 Å². The van der Waals surface area contributed by atoms with Gasteiger partial charge in [-0.3, -0.25) is 4.90 Å². The number of hydrogen-bond donors (Lipinski definition) is 3. The fourth-order valence-electron chi connectivity index (χ4n) is 1.35. The molecule has 1 rings (SSSR count). The van der Waals surface area contributed by atoms with Crippen LogP contribution in [0.1, 0.15) is 0 Å². The van der Waals surface area contributed by atoms with Gasteiger partial charge < -0.3 is 20.3 Å². The van der Waals surface area contributed by atoms with Crippen molar-refractivity contribution in [3.8, 4) is 5.75 Å². The molecule has 7 nitrogen and oxygen atoms in total. The van der Waals surface area contributed by atoms with Crippen LogP contribution >= 0.6 is 0 Å². The van der Waals surface area contributed by atoms with Gasteiger partial charge in [-0.25, -0.2) is 9.59 Å². The SMILES string of the molecule is COc1ccc(N(C)C(=O)NC(CO)C(=O)O)cc1. The molecule has 2 amide bonds. The molecule has 104 valence electrons. The number of hydrogen-bond acceptors (Lipinski definition) is 4. The first kappa shape index (κ1) is 14.8. The number of aliphatic hydroxyl groups excluding tert-OH is 1. The van der Waals surface area contributed by atoms with Crippen LogP contribution in [0.2, 0.25) is 0 Å². The summed E-state index contributed by atoms with van der Waals surface area (Å²) in [6, 6.07) is 4.74. The summed E-state index contributed by atoms with van der Waals surface area (Å²) in [5, 5.41) is 19.8. The Hall–Kier alpha value is -2.28. The molecule has 0 aromatic heterocycles. The number of benzene rings is 1. The third-order valence-corrected chi connectivity index (χ3v) is 2.54. The molecule has 0 saturated carbocycles. The summed E-state index contributed by atoms with van der Waals surface area (Å²) in [5.41, 5.74) is 0.570. The molecule has 0 bridgehead atoms. The molecule has 1 atom stereocenters. The molecule has 0 saturated heterocycles. The molecule has 7 heteroatoms. The number of aliphatic hydroxyl groups is 1. The number of carbonyl (C=O) groups is 2. The molecule has 0 fully saturated rings. The maximum atomic E-state index is 11.8. The second-order valence-corrected chi connectivity index (χ2v) is 3.78. The van der Waals surface area contributed by atoms with Gasteiger partial charge in [-0.05, 0) is 24.3 Å². The molecular formula is C12H16N2O5. The average molecular weight is 268 g/mol. The number of nitrogens with zero attached hydrogens (tertiary/aromatic N) is 1. The van der Waals surface area contributed by atoms with Crippen LogP contribution in [0.5, 0.6) is 5.75 Å². The Labute approximate surface area is 110 Å². The number of urea groups is 1. The summed E-state index contributed by atoms with van der Waals surface area (Å²) >= 11 is 0. The summed E-state index contributed by atoms with van der Waals surface area (Å²) in [6.45, 7) is -0.669. The van der Waals surface area contributed by atoms with E-state index in [1.54, 1.807) is 24.3 Å². The van der Waals surface area contributed by atoms with Gasteiger partial charge in [0.25, 0.3) is 0 Å². The van der Waals surface area contributed by atoms with Gasteiger partial charge in [-0.2, -0.15) is 0 Å². The highest BCUT2D eigenvalue weighted by Gasteiger charge is 2.21. The molecule has 0 aliphatic heterocycles. The van der Waals surface area contributed by atoms with Crippen molar-refractivity contribution in [2.75, 3.05) is 25.7 Å². The first-order chi connectivity index (χ1) is 8.99. The summed E-state index contributed by atoms with van der Waals surface area (Å²) in [7, 11) is 3.03. The lowest BCUT2D eigenvalue weighted by atomic mass is 10.3. The fraction of sp³-hybridized carbons (Fsp3) is 0.333. The number of carboxylic acids is 1. The average Bonchev–Trinajstić information content (AvgIpc) is 2.43. The van der Waals surface area contributed by atoms with E-state index in [9.17, 15) is 9.59 Å². The Balaban J connectivity index is 2.72. The molecule has 19 heavy (non-hydrogen) atoms. The second-order valence-electron chi connectivity index (χ2n) is 3.78. The Morgan fingerprint density at radius 3 is 2.37 bits per heavy atom. The van der Waals surface area contributed by atoms with Crippen molar-refractivity contribution in [3.63, 3.8) is 0 Å². The third-order valence-electron chi connectivity index (χ3n) is 2.54. The molecule has 0 heterocycles. The number of anilines is 1. The quantitative estimate of drug-likeness (QED) is 0.712. The maximum absolute atomic E-state index is 11.8. The first-order valence-corrected chi connectivity index (χ1v) is 5.51. The number of amides is 2. The van der Waals surface area contributed by atoms with E-state index in [2.05, 4.69) is 5.32 Å². The molecule has 0 aliphatic rings. The number of aliphatic carboxylic acids is 1. The van der Waals surface area contributed by atoms with Crippen molar-refractivity contribution in [1.82, 2.24) is 5.32 Å². The van der Waals surface area contributed by atoms with E-state index >= 15 is 0 Å². The molecule has 1 aromatic carbocycles. The number of rotatable bonds is 5. The number of ether oxygens (including phenoxy) is 1. The Morgan fingerprint density at radius 1 is 1.37 bits per heavy atom. The minimum absolute atomic E-state index is 0.570. The second kappa shape index (κ2) is 6.60. The van der Waals surface area contributed by atoms with Crippen LogP contribution in [-0.4, -0.2) is 49.0 Å². The highest BCUT2D eigenvalue weighted by Crippen LogP contribution is 2.18. The standard InChI is InChI=1S/C12H16N2O5/c1-14(8-3-5-9(19-2)6-4-8)12(18)13-10(7-15)11(16)17/h3-6,10,15H,7H2,1-2H3,(H,13,18)(H,16,17). The molecule has 0 aliphatic carbocycles. The van der Waals surface area contributed by atoms with Crippen molar-refractivity contribution in [3.05, 3.63) is 24.3 Å². The van der Waals surface area contributed by atoms with E-state index < -0.39 is 24.6 Å². The van der Waals surface area contributed by atoms with E-state index in [0.29, 0.717) is 11.4 Å². The molecule has 0 spiro atoms. The Morgan fingerprint density at radius 2 is 1.95 bits per heavy atom. The Bertz CT molecular complexity index is 446. The van der Waals surface area contributed by atoms with Crippen molar-refractivity contribution in [2.24, 2.45) is 0 Å². The zero-order valence-electron chi connectivity index (χ0n) is 10.7. The maximum Gasteiger partial charge on any atom is 0.328 e. The zero-order chi connectivity index (χ0) is 14.4. The number of nitrogens with one attached hydrogen (secondary N) is 1. The van der Waals surface area contributed by atoms with Crippen molar-refractivity contribution >= 4 is 17.7 Å². The first-order valence-electron chi connectivity index (χ1n) is 5.51. The van der Waals surface area contributed by atoms with E-state index in [1.807, 2.05) is 0 Å². The van der Waals surface area contributed by atoms with Crippen LogP contribution in [0.3, 0.4) is 0 Å². The van der Waals surface area contributed by atoms with Gasteiger partial charge in [-0.15, -0.1) is 0 Å². The van der Waals surface area contributed by atoms with E-state index in [-0.39, 0.29) is 0 Å². The van der Waals surface area contributed by atoms with Gasteiger partial charge >= 0.3 is 12.0 Å². The van der Waals surface area contributed by atoms with Crippen LogP contribution in [0.4, 0.5) is 10.5 Å². The molecule has 1 unspecified atom stereocenters. The van der Waals surface area contributed by atoms with E-state index in [0.717, 1.165) is 0 Å². The minimum Gasteiger partial charge on any atom is -0.497 e. The summed E-state index contributed by atoms with van der Waals surface area (Å²) in [5.74, 6) is -0.643. The molecular weight excluding hydrogens is 252 g/mol. The zero-order valence-corrected chi connectivity index (χ0v) is 10.7. The summed E-state index contributed by atoms with van der Waals surface area (Å²) in [6.07, 6.45) is 0. The third kappa shape index (κ3) is 3.85. The van der Waals surface area contributed by atoms with Crippen LogP contribution in [-0.2, 0) is 4.79 Å². The fourth-order valence-corrected chi connectivity index (χ4v) is 1.35. The topological polar surface area (TPSA) is 99.1 Å². The number of carbonyl (C=O) groups excluding carboxylic acids is 1. The summed E-state index contributed by atoms with van der Waals surface area (Å²) < 4.78 is 4.99. The molecule has 0 radical (unpaired) electrons. The van der Waals surface area contributed by atoms with Gasteiger partial charge in [0, 0.05) is 12.7 Å². The lowest BCUT2D eigenvalue weighted by molar-refractivity contribution is -0.140. The molecule has 1 aromatic rings. The van der Waals surface area contributed by atoms with Gasteiger partial charge in [0.2, 0.25) is 0 Å². The van der Waals surface area contributed by atoms with Crippen LogP contribution in [0.25, 0.3) is 0 Å².